The maximum Gasteiger partial charge on any atom is 0.264 e. The van der Waals surface area contributed by atoms with E-state index in [1.165, 1.54) is 37.3 Å². The minimum atomic E-state index is -4.14. The summed E-state index contributed by atoms with van der Waals surface area (Å²) in [6.07, 6.45) is 0. The standard InChI is InChI=1S/C26H27Cl2N3O5S/c1-18(26(33)29-2)30(16-19-9-10-20(27)15-24(19)28)25(32)17-31(21-11-13-22(36-3)14-12-21)37(34,35)23-7-5-4-6-8-23/h4-15,18H,16-17H2,1-3H3,(H,29,33)/t18-/m0/s1. The lowest BCUT2D eigenvalue weighted by molar-refractivity contribution is -0.139. The van der Waals surface area contributed by atoms with Crippen molar-refractivity contribution in [1.82, 2.24) is 10.2 Å². The van der Waals surface area contributed by atoms with E-state index in [0.717, 1.165) is 4.31 Å². The summed E-state index contributed by atoms with van der Waals surface area (Å²) in [5.41, 5.74) is 0.812. The Kier molecular flexibility index (Phi) is 9.42. The summed E-state index contributed by atoms with van der Waals surface area (Å²) in [7, 11) is -1.18. The summed E-state index contributed by atoms with van der Waals surface area (Å²) in [5.74, 6) is -0.489. The number of rotatable bonds is 10. The maximum atomic E-state index is 13.7. The summed E-state index contributed by atoms with van der Waals surface area (Å²) >= 11 is 12.3. The first kappa shape index (κ1) is 28.3. The van der Waals surface area contributed by atoms with E-state index in [1.807, 2.05) is 0 Å². The number of carbonyl (C=O) groups excluding carboxylic acids is 2. The van der Waals surface area contributed by atoms with Crippen LogP contribution in [0.25, 0.3) is 0 Å². The van der Waals surface area contributed by atoms with Crippen molar-refractivity contribution in [2.45, 2.75) is 24.4 Å². The van der Waals surface area contributed by atoms with Crippen LogP contribution in [0.1, 0.15) is 12.5 Å². The molecule has 8 nitrogen and oxygen atoms in total. The molecule has 0 aliphatic rings. The zero-order valence-electron chi connectivity index (χ0n) is 20.5. The van der Waals surface area contributed by atoms with E-state index >= 15 is 0 Å². The molecule has 0 bridgehead atoms. The van der Waals surface area contributed by atoms with Gasteiger partial charge in [0.05, 0.1) is 17.7 Å². The minimum absolute atomic E-state index is 0.0188. The minimum Gasteiger partial charge on any atom is -0.497 e. The highest BCUT2D eigenvalue weighted by molar-refractivity contribution is 7.92. The summed E-state index contributed by atoms with van der Waals surface area (Å²) in [4.78, 5) is 27.5. The molecule has 3 aromatic rings. The van der Waals surface area contributed by atoms with Gasteiger partial charge in [-0.2, -0.15) is 0 Å². The van der Waals surface area contributed by atoms with Crippen molar-refractivity contribution in [2.24, 2.45) is 0 Å². The molecule has 1 N–H and O–H groups in total. The fraction of sp³-hybridized carbons (Fsp3) is 0.231. The normalized spacial score (nSPS) is 11.9. The third-order valence-corrected chi connectivity index (χ3v) is 8.11. The van der Waals surface area contributed by atoms with Crippen LogP contribution >= 0.6 is 23.2 Å². The highest BCUT2D eigenvalue weighted by Gasteiger charge is 2.32. The molecule has 3 aromatic carbocycles. The van der Waals surface area contributed by atoms with Crippen LogP contribution in [0.5, 0.6) is 5.75 Å². The molecule has 0 aliphatic heterocycles. The number of sulfonamides is 1. The van der Waals surface area contributed by atoms with E-state index < -0.39 is 34.4 Å². The molecular formula is C26H27Cl2N3O5S. The predicted octanol–water partition coefficient (Wildman–Crippen LogP) is 4.36. The molecule has 0 radical (unpaired) electrons. The molecule has 0 spiro atoms. The summed E-state index contributed by atoms with van der Waals surface area (Å²) < 4.78 is 33.5. The first-order chi connectivity index (χ1) is 17.6. The Morgan fingerprint density at radius 2 is 1.65 bits per heavy atom. The maximum absolute atomic E-state index is 13.7. The monoisotopic (exact) mass is 563 g/mol. The number of nitrogens with zero attached hydrogens (tertiary/aromatic N) is 2. The van der Waals surface area contributed by atoms with Crippen LogP contribution in [-0.4, -0.2) is 51.9 Å². The number of anilines is 1. The van der Waals surface area contributed by atoms with E-state index in [2.05, 4.69) is 5.32 Å². The molecule has 0 aliphatic carbocycles. The number of carbonyl (C=O) groups is 2. The Morgan fingerprint density at radius 1 is 1.00 bits per heavy atom. The molecule has 0 saturated carbocycles. The van der Waals surface area contributed by atoms with Gasteiger partial charge in [0.2, 0.25) is 11.8 Å². The number of nitrogens with one attached hydrogen (secondary N) is 1. The van der Waals surface area contributed by atoms with Gasteiger partial charge < -0.3 is 15.0 Å². The van der Waals surface area contributed by atoms with Crippen molar-refractivity contribution in [3.05, 3.63) is 88.4 Å². The van der Waals surface area contributed by atoms with Gasteiger partial charge in [0.1, 0.15) is 18.3 Å². The lowest BCUT2D eigenvalue weighted by atomic mass is 10.1. The smallest absolute Gasteiger partial charge is 0.264 e. The average Bonchev–Trinajstić information content (AvgIpc) is 2.90. The van der Waals surface area contributed by atoms with Crippen molar-refractivity contribution in [3.63, 3.8) is 0 Å². The molecule has 11 heteroatoms. The van der Waals surface area contributed by atoms with Crippen LogP contribution in [0.3, 0.4) is 0 Å². The van der Waals surface area contributed by atoms with Gasteiger partial charge in [-0.05, 0) is 61.0 Å². The van der Waals surface area contributed by atoms with Gasteiger partial charge in [-0.25, -0.2) is 8.42 Å². The van der Waals surface area contributed by atoms with Crippen LogP contribution in [0.2, 0.25) is 10.0 Å². The van der Waals surface area contributed by atoms with E-state index in [1.54, 1.807) is 61.5 Å². The molecule has 1 atom stereocenters. The second-order valence-corrected chi connectivity index (χ2v) is 10.8. The Bertz CT molecular complexity index is 1350. The molecule has 0 aromatic heterocycles. The zero-order valence-corrected chi connectivity index (χ0v) is 22.8. The van der Waals surface area contributed by atoms with Gasteiger partial charge in [-0.3, -0.25) is 13.9 Å². The number of hydrogen-bond acceptors (Lipinski definition) is 5. The predicted molar refractivity (Wildman–Crippen MR) is 145 cm³/mol. The Morgan fingerprint density at radius 3 is 2.22 bits per heavy atom. The molecule has 0 unspecified atom stereocenters. The molecular weight excluding hydrogens is 537 g/mol. The van der Waals surface area contributed by atoms with Crippen molar-refractivity contribution < 1.29 is 22.7 Å². The van der Waals surface area contributed by atoms with Gasteiger partial charge in [-0.15, -0.1) is 0 Å². The fourth-order valence-corrected chi connectivity index (χ4v) is 5.53. The molecule has 3 rings (SSSR count). The lowest BCUT2D eigenvalue weighted by Gasteiger charge is -2.32. The summed E-state index contributed by atoms with van der Waals surface area (Å²) in [5, 5.41) is 3.27. The topological polar surface area (TPSA) is 96.0 Å². The number of ether oxygens (including phenoxy) is 1. The third-order valence-electron chi connectivity index (χ3n) is 5.74. The zero-order chi connectivity index (χ0) is 27.2. The Balaban J connectivity index is 2.04. The second kappa shape index (κ2) is 12.3. The van der Waals surface area contributed by atoms with Crippen LogP contribution in [-0.2, 0) is 26.2 Å². The first-order valence-corrected chi connectivity index (χ1v) is 13.4. The second-order valence-electron chi connectivity index (χ2n) is 8.07. The van der Waals surface area contributed by atoms with Gasteiger partial charge in [0.25, 0.3) is 10.0 Å². The van der Waals surface area contributed by atoms with Crippen LogP contribution in [0.15, 0.2) is 77.7 Å². The molecule has 37 heavy (non-hydrogen) atoms. The van der Waals surface area contributed by atoms with Crippen molar-refractivity contribution >= 4 is 50.7 Å². The Hall–Kier alpha value is -3.27. The van der Waals surface area contributed by atoms with Crippen molar-refractivity contribution in [2.75, 3.05) is 25.0 Å². The number of halogens is 2. The number of hydrogen-bond donors (Lipinski definition) is 1. The summed E-state index contributed by atoms with van der Waals surface area (Å²) in [6, 6.07) is 18.0. The van der Waals surface area contributed by atoms with Gasteiger partial charge >= 0.3 is 0 Å². The SMILES string of the molecule is CNC(=O)[C@H](C)N(Cc1ccc(Cl)cc1Cl)C(=O)CN(c1ccc(OC)cc1)S(=O)(=O)c1ccccc1. The van der Waals surface area contributed by atoms with Gasteiger partial charge in [-0.1, -0.05) is 47.5 Å². The molecule has 2 amide bonds. The lowest BCUT2D eigenvalue weighted by Crippen LogP contribution is -2.50. The fourth-order valence-electron chi connectivity index (χ4n) is 3.62. The molecule has 0 heterocycles. The van der Waals surface area contributed by atoms with E-state index in [-0.39, 0.29) is 17.1 Å². The highest BCUT2D eigenvalue weighted by atomic mass is 35.5. The number of amides is 2. The number of benzene rings is 3. The highest BCUT2D eigenvalue weighted by Crippen LogP contribution is 2.27. The largest absolute Gasteiger partial charge is 0.497 e. The van der Waals surface area contributed by atoms with Crippen LogP contribution in [0.4, 0.5) is 5.69 Å². The number of likely N-dealkylation sites (N-methyl/N-ethyl adjacent to an activating group) is 1. The van der Waals surface area contributed by atoms with Crippen molar-refractivity contribution in [3.8, 4) is 5.75 Å². The van der Waals surface area contributed by atoms with E-state index in [4.69, 9.17) is 27.9 Å². The van der Waals surface area contributed by atoms with Gasteiger partial charge in [0, 0.05) is 23.6 Å². The van der Waals surface area contributed by atoms with E-state index in [9.17, 15) is 18.0 Å². The van der Waals surface area contributed by atoms with Crippen LogP contribution in [0, 0.1) is 0 Å². The number of methoxy groups -OCH3 is 1. The molecule has 196 valence electrons. The third kappa shape index (κ3) is 6.74. The van der Waals surface area contributed by atoms with Crippen molar-refractivity contribution in [1.29, 1.82) is 0 Å². The Labute approximate surface area is 226 Å². The summed E-state index contributed by atoms with van der Waals surface area (Å²) in [6.45, 7) is 0.964. The first-order valence-electron chi connectivity index (χ1n) is 11.2. The van der Waals surface area contributed by atoms with Gasteiger partial charge in [0.15, 0.2) is 0 Å². The quantitative estimate of drug-likeness (QED) is 0.395. The average molecular weight is 564 g/mol. The molecule has 0 saturated heterocycles. The molecule has 0 fully saturated rings. The van der Waals surface area contributed by atoms with E-state index in [0.29, 0.717) is 21.4 Å². The van der Waals surface area contributed by atoms with Crippen LogP contribution < -0.4 is 14.4 Å².